The van der Waals surface area contributed by atoms with Gasteiger partial charge < -0.3 is 10.6 Å². The fourth-order valence-electron chi connectivity index (χ4n) is 4.78. The Balaban J connectivity index is 1.68. The molecule has 0 radical (unpaired) electrons. The van der Waals surface area contributed by atoms with Crippen LogP contribution in [-0.4, -0.2) is 55.8 Å². The molecule has 1 fully saturated rings. The molecule has 2 N–H and O–H groups in total. The van der Waals surface area contributed by atoms with Gasteiger partial charge >= 0.3 is 5.69 Å². The number of nitrogens with zero attached hydrogens (tertiary/aromatic N) is 6. The molecule has 2 aliphatic rings. The maximum absolute atomic E-state index is 13.9. The SMILES string of the molecule is CC#CCn1c(N2CCCC(N)C2)nc2c1c(=O)n(CC1=NCCSc3ccccc31)c(=O)n2C. The molecule has 182 valence electrons. The van der Waals surface area contributed by atoms with Crippen LogP contribution in [0, 0.1) is 11.8 Å². The Morgan fingerprint density at radius 3 is 2.86 bits per heavy atom. The number of hydrogen-bond donors (Lipinski definition) is 1. The van der Waals surface area contributed by atoms with Crippen LogP contribution in [0.15, 0.2) is 43.7 Å². The van der Waals surface area contributed by atoms with Crippen molar-refractivity contribution in [2.75, 3.05) is 30.3 Å². The summed E-state index contributed by atoms with van der Waals surface area (Å²) in [5, 5.41) is 0. The minimum atomic E-state index is -0.410. The first-order chi connectivity index (χ1) is 17.0. The number of aryl methyl sites for hydroxylation is 1. The molecule has 10 heteroatoms. The highest BCUT2D eigenvalue weighted by atomic mass is 32.2. The summed E-state index contributed by atoms with van der Waals surface area (Å²) in [6.07, 6.45) is 1.91. The molecule has 5 rings (SSSR count). The van der Waals surface area contributed by atoms with Crippen LogP contribution in [0.2, 0.25) is 0 Å². The lowest BCUT2D eigenvalue weighted by Gasteiger charge is -2.31. The normalized spacial score (nSPS) is 18.0. The van der Waals surface area contributed by atoms with Crippen LogP contribution in [-0.2, 0) is 20.1 Å². The molecule has 1 unspecified atom stereocenters. The Hall–Kier alpha value is -3.29. The standard InChI is InChI=1S/C25H29N7O2S/c1-3-4-13-31-21-22(28-24(31)30-12-7-8-17(26)15-30)29(2)25(34)32(23(21)33)16-19-18-9-5-6-10-20(18)35-14-11-27-19/h5-6,9-10,17H,7-8,11-16,26H2,1-2H3. The third kappa shape index (κ3) is 4.30. The largest absolute Gasteiger partial charge is 0.341 e. The van der Waals surface area contributed by atoms with E-state index < -0.39 is 5.69 Å². The third-order valence-corrected chi connectivity index (χ3v) is 7.58. The summed E-state index contributed by atoms with van der Waals surface area (Å²) >= 11 is 1.74. The van der Waals surface area contributed by atoms with Crippen molar-refractivity contribution in [2.24, 2.45) is 17.8 Å². The van der Waals surface area contributed by atoms with Crippen molar-refractivity contribution >= 4 is 34.6 Å². The van der Waals surface area contributed by atoms with Gasteiger partial charge in [-0.1, -0.05) is 24.1 Å². The summed E-state index contributed by atoms with van der Waals surface area (Å²) in [4.78, 5) is 40.0. The van der Waals surface area contributed by atoms with Gasteiger partial charge in [-0.2, -0.15) is 4.98 Å². The van der Waals surface area contributed by atoms with E-state index in [9.17, 15) is 9.59 Å². The lowest BCUT2D eigenvalue weighted by atomic mass is 10.1. The highest BCUT2D eigenvalue weighted by Gasteiger charge is 2.26. The number of benzene rings is 1. The number of rotatable bonds is 4. The lowest BCUT2D eigenvalue weighted by molar-refractivity contribution is 0.496. The Bertz CT molecular complexity index is 1490. The van der Waals surface area contributed by atoms with Crippen LogP contribution in [0.4, 0.5) is 5.95 Å². The number of anilines is 1. The first kappa shape index (κ1) is 23.5. The number of aliphatic imine (C=N–C) groups is 1. The number of thioether (sulfide) groups is 1. The van der Waals surface area contributed by atoms with Crippen LogP contribution in [0.5, 0.6) is 0 Å². The number of fused-ring (bicyclic) bond motifs is 2. The molecule has 9 nitrogen and oxygen atoms in total. The molecule has 2 aromatic heterocycles. The average Bonchev–Trinajstić information content (AvgIpc) is 3.13. The van der Waals surface area contributed by atoms with E-state index >= 15 is 0 Å². The summed E-state index contributed by atoms with van der Waals surface area (Å²) in [6, 6.07) is 8.05. The maximum Gasteiger partial charge on any atom is 0.332 e. The van der Waals surface area contributed by atoms with Crippen molar-refractivity contribution in [3.63, 3.8) is 0 Å². The average molecular weight is 492 g/mol. The number of nitrogens with two attached hydrogens (primary N) is 1. The smallest absolute Gasteiger partial charge is 0.332 e. The van der Waals surface area contributed by atoms with Gasteiger partial charge in [-0.25, -0.2) is 4.79 Å². The highest BCUT2D eigenvalue weighted by Crippen LogP contribution is 2.26. The minimum absolute atomic E-state index is 0.0425. The molecule has 0 amide bonds. The Kier molecular flexibility index (Phi) is 6.54. The van der Waals surface area contributed by atoms with Crippen molar-refractivity contribution in [3.05, 3.63) is 50.7 Å². The first-order valence-electron chi connectivity index (χ1n) is 11.8. The van der Waals surface area contributed by atoms with E-state index in [-0.39, 0.29) is 18.1 Å². The Morgan fingerprint density at radius 1 is 1.23 bits per heavy atom. The first-order valence-corrected chi connectivity index (χ1v) is 12.8. The van der Waals surface area contributed by atoms with Gasteiger partial charge in [0.2, 0.25) is 5.95 Å². The van der Waals surface area contributed by atoms with E-state index in [2.05, 4.69) is 22.8 Å². The highest BCUT2D eigenvalue weighted by molar-refractivity contribution is 7.99. The number of imidazole rings is 1. The molecular formula is C25H29N7O2S. The molecule has 4 heterocycles. The second-order valence-corrected chi connectivity index (χ2v) is 9.99. The molecule has 2 aliphatic heterocycles. The van der Waals surface area contributed by atoms with Crippen molar-refractivity contribution < 1.29 is 0 Å². The van der Waals surface area contributed by atoms with Crippen LogP contribution < -0.4 is 21.9 Å². The molecule has 0 spiro atoms. The summed E-state index contributed by atoms with van der Waals surface area (Å²) < 4.78 is 4.57. The van der Waals surface area contributed by atoms with Gasteiger partial charge in [-0.15, -0.1) is 17.7 Å². The number of piperidine rings is 1. The predicted octanol–water partition coefficient (Wildman–Crippen LogP) is 1.44. The fourth-order valence-corrected chi connectivity index (χ4v) is 5.70. The van der Waals surface area contributed by atoms with E-state index in [0.717, 1.165) is 41.3 Å². The Morgan fingerprint density at radius 2 is 2.06 bits per heavy atom. The maximum atomic E-state index is 13.9. The zero-order valence-electron chi connectivity index (χ0n) is 20.0. The molecule has 35 heavy (non-hydrogen) atoms. The van der Waals surface area contributed by atoms with Gasteiger partial charge in [0.15, 0.2) is 11.2 Å². The quantitative estimate of drug-likeness (QED) is 0.554. The molecule has 1 atom stereocenters. The van der Waals surface area contributed by atoms with E-state index in [1.807, 2.05) is 22.8 Å². The minimum Gasteiger partial charge on any atom is -0.341 e. The van der Waals surface area contributed by atoms with Crippen LogP contribution in [0.1, 0.15) is 25.3 Å². The molecule has 1 saturated heterocycles. The van der Waals surface area contributed by atoms with E-state index in [4.69, 9.17) is 15.7 Å². The molecule has 0 saturated carbocycles. The molecule has 3 aromatic rings. The van der Waals surface area contributed by atoms with Gasteiger partial charge in [0.25, 0.3) is 5.56 Å². The summed E-state index contributed by atoms with van der Waals surface area (Å²) in [7, 11) is 1.66. The topological polar surface area (TPSA) is 103 Å². The molecular weight excluding hydrogens is 462 g/mol. The molecule has 0 aliphatic carbocycles. The van der Waals surface area contributed by atoms with Crippen molar-refractivity contribution in [2.45, 2.75) is 43.8 Å². The molecule has 1 aromatic carbocycles. The zero-order valence-corrected chi connectivity index (χ0v) is 20.8. The Labute approximate surface area is 207 Å². The van der Waals surface area contributed by atoms with Gasteiger partial charge in [-0.3, -0.25) is 23.5 Å². The summed E-state index contributed by atoms with van der Waals surface area (Å²) in [5.41, 5.74) is 7.89. The summed E-state index contributed by atoms with van der Waals surface area (Å²) in [5.74, 6) is 7.48. The number of aromatic nitrogens is 4. The summed E-state index contributed by atoms with van der Waals surface area (Å²) in [6.45, 7) is 4.26. The van der Waals surface area contributed by atoms with Crippen LogP contribution >= 0.6 is 11.8 Å². The fraction of sp³-hybridized carbons (Fsp3) is 0.440. The van der Waals surface area contributed by atoms with E-state index in [1.165, 1.54) is 9.13 Å². The third-order valence-electron chi connectivity index (χ3n) is 6.52. The van der Waals surface area contributed by atoms with Crippen molar-refractivity contribution in [3.8, 4) is 11.8 Å². The van der Waals surface area contributed by atoms with Crippen molar-refractivity contribution in [1.29, 1.82) is 0 Å². The van der Waals surface area contributed by atoms with E-state index in [1.54, 1.807) is 25.7 Å². The van der Waals surface area contributed by atoms with Crippen LogP contribution in [0.25, 0.3) is 11.2 Å². The second-order valence-electron chi connectivity index (χ2n) is 8.85. The van der Waals surface area contributed by atoms with Crippen molar-refractivity contribution in [1.82, 2.24) is 18.7 Å². The molecule has 0 bridgehead atoms. The van der Waals surface area contributed by atoms with Gasteiger partial charge in [0, 0.05) is 48.9 Å². The van der Waals surface area contributed by atoms with Gasteiger partial charge in [0.1, 0.15) is 0 Å². The lowest BCUT2D eigenvalue weighted by Crippen LogP contribution is -2.44. The predicted molar refractivity (Wildman–Crippen MR) is 141 cm³/mol. The van der Waals surface area contributed by atoms with Gasteiger partial charge in [-0.05, 0) is 25.8 Å². The number of hydrogen-bond acceptors (Lipinski definition) is 7. The van der Waals surface area contributed by atoms with Crippen LogP contribution in [0.3, 0.4) is 0 Å². The second kappa shape index (κ2) is 9.76. The monoisotopic (exact) mass is 491 g/mol. The zero-order chi connectivity index (χ0) is 24.5. The van der Waals surface area contributed by atoms with E-state index in [0.29, 0.717) is 36.7 Å². The van der Waals surface area contributed by atoms with Gasteiger partial charge in [0.05, 0.1) is 18.8 Å².